The largest absolute Gasteiger partial charge is 0.311 e. The van der Waals surface area contributed by atoms with Crippen molar-refractivity contribution in [2.45, 2.75) is 26.3 Å². The van der Waals surface area contributed by atoms with E-state index in [2.05, 4.69) is 37.8 Å². The third kappa shape index (κ3) is 3.11. The third-order valence-electron chi connectivity index (χ3n) is 2.21. The molecular formula is C10H15N5S. The summed E-state index contributed by atoms with van der Waals surface area (Å²) in [6.45, 7) is 3.83. The highest BCUT2D eigenvalue weighted by Gasteiger charge is 2.00. The van der Waals surface area contributed by atoms with Gasteiger partial charge in [-0.15, -0.1) is 11.3 Å². The summed E-state index contributed by atoms with van der Waals surface area (Å²) in [7, 11) is 0. The number of H-pyrrole nitrogens is 1. The molecule has 0 amide bonds. The van der Waals surface area contributed by atoms with Crippen LogP contribution in [0.2, 0.25) is 0 Å². The maximum Gasteiger partial charge on any atom is 0.137 e. The van der Waals surface area contributed by atoms with E-state index in [1.807, 2.05) is 0 Å². The third-order valence-corrected chi connectivity index (χ3v) is 3.25. The number of aromatic amines is 1. The number of hydrogen-bond donors (Lipinski definition) is 2. The van der Waals surface area contributed by atoms with Gasteiger partial charge in [-0.25, -0.2) is 9.97 Å². The number of hydrogen-bond acceptors (Lipinski definition) is 5. The van der Waals surface area contributed by atoms with Gasteiger partial charge in [0.05, 0.1) is 10.7 Å². The molecule has 0 aliphatic heterocycles. The van der Waals surface area contributed by atoms with Crippen LogP contribution in [0.5, 0.6) is 0 Å². The molecule has 0 aliphatic carbocycles. The fraction of sp³-hybridized carbons (Fsp3) is 0.500. The first kappa shape index (κ1) is 11.2. The fourth-order valence-electron chi connectivity index (χ4n) is 1.37. The zero-order valence-corrected chi connectivity index (χ0v) is 10.0. The van der Waals surface area contributed by atoms with Gasteiger partial charge in [-0.1, -0.05) is 6.92 Å². The number of rotatable bonds is 6. The summed E-state index contributed by atoms with van der Waals surface area (Å²) in [6.07, 6.45) is 3.41. The Bertz CT molecular complexity index is 409. The molecule has 0 fully saturated rings. The molecule has 0 aromatic carbocycles. The maximum absolute atomic E-state index is 4.48. The average molecular weight is 237 g/mol. The minimum Gasteiger partial charge on any atom is -0.311 e. The molecular weight excluding hydrogens is 222 g/mol. The van der Waals surface area contributed by atoms with Crippen molar-refractivity contribution in [3.05, 3.63) is 28.2 Å². The van der Waals surface area contributed by atoms with Crippen molar-refractivity contribution in [1.29, 1.82) is 0 Å². The highest BCUT2D eigenvalue weighted by Crippen LogP contribution is 2.09. The van der Waals surface area contributed by atoms with Crippen LogP contribution in [0.1, 0.15) is 23.4 Å². The number of aromatic nitrogens is 4. The van der Waals surface area contributed by atoms with Crippen LogP contribution < -0.4 is 5.32 Å². The highest BCUT2D eigenvalue weighted by atomic mass is 32.1. The smallest absolute Gasteiger partial charge is 0.137 e. The molecule has 0 bridgehead atoms. The van der Waals surface area contributed by atoms with E-state index in [4.69, 9.17) is 0 Å². The number of nitrogens with one attached hydrogen (secondary N) is 2. The second-order valence-electron chi connectivity index (χ2n) is 3.45. The van der Waals surface area contributed by atoms with Gasteiger partial charge in [0, 0.05) is 24.9 Å². The topological polar surface area (TPSA) is 66.5 Å². The molecule has 0 spiro atoms. The summed E-state index contributed by atoms with van der Waals surface area (Å²) in [4.78, 5) is 8.54. The first-order valence-electron chi connectivity index (χ1n) is 5.36. The van der Waals surface area contributed by atoms with Crippen molar-refractivity contribution in [3.63, 3.8) is 0 Å². The minimum absolute atomic E-state index is 0.824. The van der Waals surface area contributed by atoms with Crippen molar-refractivity contribution in [3.8, 4) is 0 Å². The van der Waals surface area contributed by atoms with Crippen LogP contribution >= 0.6 is 11.3 Å². The summed E-state index contributed by atoms with van der Waals surface area (Å²) >= 11 is 1.73. The molecule has 2 aromatic rings. The number of aryl methyl sites for hydroxylation is 1. The van der Waals surface area contributed by atoms with Gasteiger partial charge in [-0.05, 0) is 6.42 Å². The monoisotopic (exact) mass is 237 g/mol. The van der Waals surface area contributed by atoms with Crippen LogP contribution in [0.3, 0.4) is 0 Å². The Morgan fingerprint density at radius 1 is 1.50 bits per heavy atom. The fourth-order valence-corrected chi connectivity index (χ4v) is 2.11. The van der Waals surface area contributed by atoms with Gasteiger partial charge in [0.1, 0.15) is 12.2 Å². The quantitative estimate of drug-likeness (QED) is 0.740. The van der Waals surface area contributed by atoms with Crippen molar-refractivity contribution in [2.75, 3.05) is 6.54 Å². The van der Waals surface area contributed by atoms with E-state index in [0.717, 1.165) is 37.4 Å². The van der Waals surface area contributed by atoms with Gasteiger partial charge in [-0.3, -0.25) is 5.10 Å². The van der Waals surface area contributed by atoms with Gasteiger partial charge in [0.25, 0.3) is 0 Å². The molecule has 2 N–H and O–H groups in total. The van der Waals surface area contributed by atoms with Crippen LogP contribution in [-0.2, 0) is 19.4 Å². The van der Waals surface area contributed by atoms with Gasteiger partial charge < -0.3 is 5.32 Å². The Hall–Kier alpha value is -1.27. The molecule has 5 nitrogen and oxygen atoms in total. The zero-order chi connectivity index (χ0) is 11.2. The minimum atomic E-state index is 0.824. The van der Waals surface area contributed by atoms with Gasteiger partial charge in [0.15, 0.2) is 0 Å². The molecule has 0 radical (unpaired) electrons. The lowest BCUT2D eigenvalue weighted by Crippen LogP contribution is -2.17. The standard InChI is InChI=1S/C10H15N5S/c1-2-10-14-8(6-16-10)5-11-4-3-9-12-7-13-15-9/h6-7,11H,2-5H2,1H3,(H,12,13,15). The van der Waals surface area contributed by atoms with Crippen LogP contribution in [0.4, 0.5) is 0 Å². The van der Waals surface area contributed by atoms with E-state index in [-0.39, 0.29) is 0 Å². The number of thiazole rings is 1. The lowest BCUT2D eigenvalue weighted by molar-refractivity contribution is 0.662. The average Bonchev–Trinajstić information content (AvgIpc) is 2.95. The molecule has 0 aliphatic rings. The highest BCUT2D eigenvalue weighted by molar-refractivity contribution is 7.09. The van der Waals surface area contributed by atoms with E-state index < -0.39 is 0 Å². The predicted octanol–water partition coefficient (Wildman–Crippen LogP) is 1.16. The molecule has 16 heavy (non-hydrogen) atoms. The van der Waals surface area contributed by atoms with Gasteiger partial charge in [0.2, 0.25) is 0 Å². The maximum atomic E-state index is 4.48. The second kappa shape index (κ2) is 5.72. The SMILES string of the molecule is CCc1nc(CNCCc2ncn[nH]2)cs1. The molecule has 0 atom stereocenters. The van der Waals surface area contributed by atoms with Gasteiger partial charge in [-0.2, -0.15) is 5.10 Å². The molecule has 2 rings (SSSR count). The van der Waals surface area contributed by atoms with Gasteiger partial charge >= 0.3 is 0 Å². The summed E-state index contributed by atoms with van der Waals surface area (Å²) in [6, 6.07) is 0. The van der Waals surface area contributed by atoms with Crippen LogP contribution in [0.25, 0.3) is 0 Å². The summed E-state index contributed by atoms with van der Waals surface area (Å²) in [5.74, 6) is 0.917. The van der Waals surface area contributed by atoms with Crippen molar-refractivity contribution in [1.82, 2.24) is 25.5 Å². The van der Waals surface area contributed by atoms with E-state index >= 15 is 0 Å². The zero-order valence-electron chi connectivity index (χ0n) is 9.23. The Morgan fingerprint density at radius 2 is 2.44 bits per heavy atom. The van der Waals surface area contributed by atoms with E-state index in [1.54, 1.807) is 11.3 Å². The van der Waals surface area contributed by atoms with Crippen LogP contribution in [0, 0.1) is 0 Å². The Kier molecular flexibility index (Phi) is 4.01. The van der Waals surface area contributed by atoms with Crippen LogP contribution in [0.15, 0.2) is 11.7 Å². The summed E-state index contributed by atoms with van der Waals surface area (Å²) < 4.78 is 0. The van der Waals surface area contributed by atoms with Crippen LogP contribution in [-0.4, -0.2) is 26.7 Å². The normalized spacial score (nSPS) is 10.8. The van der Waals surface area contributed by atoms with Crippen molar-refractivity contribution in [2.24, 2.45) is 0 Å². The summed E-state index contributed by atoms with van der Waals surface area (Å²) in [5, 5.41) is 13.3. The van der Waals surface area contributed by atoms with Crippen molar-refractivity contribution >= 4 is 11.3 Å². The van der Waals surface area contributed by atoms with Crippen molar-refractivity contribution < 1.29 is 0 Å². The first-order chi connectivity index (χ1) is 7.88. The lowest BCUT2D eigenvalue weighted by atomic mass is 10.4. The molecule has 0 unspecified atom stereocenters. The second-order valence-corrected chi connectivity index (χ2v) is 4.39. The Morgan fingerprint density at radius 3 is 3.12 bits per heavy atom. The lowest BCUT2D eigenvalue weighted by Gasteiger charge is -1.99. The number of nitrogens with zero attached hydrogens (tertiary/aromatic N) is 3. The molecule has 0 saturated heterocycles. The summed E-state index contributed by atoms with van der Waals surface area (Å²) in [5.41, 5.74) is 1.12. The predicted molar refractivity (Wildman–Crippen MR) is 63.3 cm³/mol. The van der Waals surface area contributed by atoms with E-state index in [9.17, 15) is 0 Å². The van der Waals surface area contributed by atoms with E-state index in [1.165, 1.54) is 11.3 Å². The first-order valence-corrected chi connectivity index (χ1v) is 6.24. The molecule has 2 heterocycles. The Balaban J connectivity index is 1.68. The molecule has 2 aromatic heterocycles. The van der Waals surface area contributed by atoms with E-state index in [0.29, 0.717) is 0 Å². The molecule has 86 valence electrons. The Labute approximate surface area is 98.3 Å². The molecule has 6 heteroatoms. The molecule has 0 saturated carbocycles.